The average Bonchev–Trinajstić information content (AvgIpc) is 2.12. The molecule has 4 heteroatoms. The molecule has 1 aromatic rings. The van der Waals surface area contributed by atoms with Gasteiger partial charge < -0.3 is 14.9 Å². The molecule has 0 aliphatic heterocycles. The molecule has 0 amide bonds. The van der Waals surface area contributed by atoms with Crippen LogP contribution in [-0.2, 0) is 0 Å². The number of aromatic nitrogens is 1. The van der Waals surface area contributed by atoms with Gasteiger partial charge in [-0.25, -0.2) is 0 Å². The van der Waals surface area contributed by atoms with Crippen LogP contribution in [0.1, 0.15) is 10.5 Å². The van der Waals surface area contributed by atoms with E-state index >= 15 is 0 Å². The van der Waals surface area contributed by atoms with Gasteiger partial charge in [0.15, 0.2) is 0 Å². The second kappa shape index (κ2) is 3.39. The largest absolute Gasteiger partial charge is 1.00 e. The summed E-state index contributed by atoms with van der Waals surface area (Å²) in [6, 6.07) is 3.04. The van der Waals surface area contributed by atoms with Crippen LogP contribution in [0.3, 0.4) is 0 Å². The molecule has 9 heavy (non-hydrogen) atoms. The second-order valence-electron chi connectivity index (χ2n) is 1.37. The minimum absolute atomic E-state index is 0. The molecule has 0 saturated carbocycles. The quantitative estimate of drug-likeness (QED) is 0.386. The van der Waals surface area contributed by atoms with Gasteiger partial charge in [-0.2, -0.15) is 0 Å². The molecule has 0 unspecified atom stereocenters. The van der Waals surface area contributed by atoms with Gasteiger partial charge in [-0.3, -0.25) is 0 Å². The molecule has 0 aliphatic carbocycles. The number of carbonyl (C=O) groups is 1. The normalized spacial score (nSPS) is 8.00. The van der Waals surface area contributed by atoms with E-state index in [0.29, 0.717) is 0 Å². The van der Waals surface area contributed by atoms with Crippen LogP contribution in [0.4, 0.5) is 0 Å². The summed E-state index contributed by atoms with van der Waals surface area (Å²) in [5, 5.41) is 9.92. The van der Waals surface area contributed by atoms with E-state index in [1.807, 2.05) is 0 Å². The van der Waals surface area contributed by atoms with E-state index in [1.54, 1.807) is 6.07 Å². The number of hydrogen-bond acceptors (Lipinski definition) is 2. The molecule has 3 nitrogen and oxygen atoms in total. The summed E-state index contributed by atoms with van der Waals surface area (Å²) in [4.78, 5) is 12.4. The molecular formula is C5H4LiNO2. The Kier molecular flexibility index (Phi) is 3.14. The van der Waals surface area contributed by atoms with E-state index in [0.717, 1.165) is 0 Å². The van der Waals surface area contributed by atoms with Crippen molar-refractivity contribution >= 4 is 5.97 Å². The molecule has 1 heterocycles. The van der Waals surface area contributed by atoms with Crippen molar-refractivity contribution in [3.63, 3.8) is 0 Å². The minimum atomic E-state index is -1.17. The molecular weight excluding hydrogens is 113 g/mol. The smallest absolute Gasteiger partial charge is 0.543 e. The first-order valence-corrected chi connectivity index (χ1v) is 2.15. The number of aromatic carboxylic acids is 1. The molecule has 0 radical (unpaired) electrons. The number of rotatable bonds is 1. The van der Waals surface area contributed by atoms with Crippen molar-refractivity contribution in [2.24, 2.45) is 0 Å². The third-order valence-electron chi connectivity index (χ3n) is 0.818. The van der Waals surface area contributed by atoms with Crippen LogP contribution in [0, 0.1) is 0 Å². The van der Waals surface area contributed by atoms with Crippen molar-refractivity contribution in [3.05, 3.63) is 24.0 Å². The number of aromatic amines is 1. The van der Waals surface area contributed by atoms with E-state index in [9.17, 15) is 9.90 Å². The molecule has 0 saturated heterocycles. The van der Waals surface area contributed by atoms with E-state index in [-0.39, 0.29) is 24.6 Å². The fourth-order valence-electron chi connectivity index (χ4n) is 0.457. The van der Waals surface area contributed by atoms with E-state index in [4.69, 9.17) is 0 Å². The number of H-pyrrole nitrogens is 1. The summed E-state index contributed by atoms with van der Waals surface area (Å²) >= 11 is 0. The maximum absolute atomic E-state index is 9.92. The Morgan fingerprint density at radius 2 is 2.33 bits per heavy atom. The van der Waals surface area contributed by atoms with Crippen LogP contribution >= 0.6 is 0 Å². The third-order valence-corrected chi connectivity index (χ3v) is 0.818. The van der Waals surface area contributed by atoms with Gasteiger partial charge in [0.1, 0.15) is 0 Å². The van der Waals surface area contributed by atoms with Crippen LogP contribution in [0.2, 0.25) is 0 Å². The van der Waals surface area contributed by atoms with Crippen LogP contribution in [0.15, 0.2) is 18.3 Å². The molecule has 1 rings (SSSR count). The van der Waals surface area contributed by atoms with Crippen molar-refractivity contribution in [1.29, 1.82) is 0 Å². The first-order chi connectivity index (χ1) is 3.80. The van der Waals surface area contributed by atoms with Crippen molar-refractivity contribution in [3.8, 4) is 0 Å². The molecule has 1 N–H and O–H groups in total. The zero-order valence-corrected chi connectivity index (χ0v) is 5.05. The zero-order chi connectivity index (χ0) is 5.98. The third kappa shape index (κ3) is 1.96. The molecule has 0 aliphatic rings. The number of carbonyl (C=O) groups excluding carboxylic acids is 1. The van der Waals surface area contributed by atoms with Gasteiger partial charge in [-0.15, -0.1) is 0 Å². The molecule has 0 spiro atoms. The van der Waals surface area contributed by atoms with Gasteiger partial charge >= 0.3 is 18.9 Å². The molecule has 0 fully saturated rings. The molecule has 0 atom stereocenters. The fraction of sp³-hybridized carbons (Fsp3) is 0. The number of hydrogen-bond donors (Lipinski definition) is 1. The minimum Gasteiger partial charge on any atom is -0.543 e. The van der Waals surface area contributed by atoms with Crippen LogP contribution in [-0.4, -0.2) is 11.0 Å². The monoisotopic (exact) mass is 117 g/mol. The second-order valence-corrected chi connectivity index (χ2v) is 1.37. The summed E-state index contributed by atoms with van der Waals surface area (Å²) < 4.78 is 0. The predicted molar refractivity (Wildman–Crippen MR) is 25.1 cm³/mol. The Balaban J connectivity index is 0.000000640. The Labute approximate surface area is 64.3 Å². The molecule has 0 bridgehead atoms. The van der Waals surface area contributed by atoms with Gasteiger partial charge in [-0.05, 0) is 12.1 Å². The Bertz CT molecular complexity index is 183. The van der Waals surface area contributed by atoms with Gasteiger partial charge in [0, 0.05) is 6.20 Å². The number of nitrogens with one attached hydrogen (secondary N) is 1. The maximum atomic E-state index is 9.92. The van der Waals surface area contributed by atoms with E-state index < -0.39 is 5.97 Å². The van der Waals surface area contributed by atoms with Crippen molar-refractivity contribution < 1.29 is 28.8 Å². The van der Waals surface area contributed by atoms with Gasteiger partial charge in [0.2, 0.25) is 0 Å². The van der Waals surface area contributed by atoms with Gasteiger partial charge in [-0.1, -0.05) is 0 Å². The zero-order valence-electron chi connectivity index (χ0n) is 5.05. The first-order valence-electron chi connectivity index (χ1n) is 2.15. The van der Waals surface area contributed by atoms with Crippen LogP contribution in [0.5, 0.6) is 0 Å². The maximum Gasteiger partial charge on any atom is 1.00 e. The topological polar surface area (TPSA) is 55.9 Å². The Hall–Kier alpha value is -0.653. The summed E-state index contributed by atoms with van der Waals surface area (Å²) in [5.41, 5.74) is 0.116. The standard InChI is InChI=1S/C5H5NO2.Li/c7-5(8)4-2-1-3-6-4;/h1-3,6H,(H,7,8);/q;+1/p-1. The molecule has 0 aromatic carbocycles. The van der Waals surface area contributed by atoms with Crippen molar-refractivity contribution in [1.82, 2.24) is 4.98 Å². The number of carboxylic acids is 1. The van der Waals surface area contributed by atoms with E-state index in [1.165, 1.54) is 12.3 Å². The first kappa shape index (κ1) is 8.35. The van der Waals surface area contributed by atoms with E-state index in [2.05, 4.69) is 4.98 Å². The van der Waals surface area contributed by atoms with Gasteiger partial charge in [0.05, 0.1) is 11.7 Å². The molecule has 42 valence electrons. The summed E-state index contributed by atoms with van der Waals surface area (Å²) in [5.74, 6) is -1.17. The fourth-order valence-corrected chi connectivity index (χ4v) is 0.457. The molecule has 1 aromatic heterocycles. The average molecular weight is 117 g/mol. The van der Waals surface area contributed by atoms with Crippen LogP contribution < -0.4 is 24.0 Å². The Morgan fingerprint density at radius 3 is 2.56 bits per heavy atom. The van der Waals surface area contributed by atoms with Gasteiger partial charge in [0.25, 0.3) is 0 Å². The number of carboxylic acid groups (broad SMARTS) is 1. The Morgan fingerprint density at radius 1 is 1.67 bits per heavy atom. The van der Waals surface area contributed by atoms with Crippen molar-refractivity contribution in [2.75, 3.05) is 0 Å². The summed E-state index contributed by atoms with van der Waals surface area (Å²) in [6.45, 7) is 0. The summed E-state index contributed by atoms with van der Waals surface area (Å²) in [6.07, 6.45) is 1.53. The van der Waals surface area contributed by atoms with Crippen molar-refractivity contribution in [2.45, 2.75) is 0 Å². The van der Waals surface area contributed by atoms with Crippen LogP contribution in [0.25, 0.3) is 0 Å². The predicted octanol–water partition coefficient (Wildman–Crippen LogP) is -3.62. The summed E-state index contributed by atoms with van der Waals surface area (Å²) in [7, 11) is 0. The SMILES string of the molecule is O=C([O-])c1ccc[nH]1.[Li+].